The number of nitrogens with zero attached hydrogens (tertiary/aromatic N) is 5. The lowest BCUT2D eigenvalue weighted by Crippen LogP contribution is -2.51. The molecule has 3 heterocycles. The zero-order valence-electron chi connectivity index (χ0n) is 16.8. The van der Waals surface area contributed by atoms with Gasteiger partial charge in [0, 0.05) is 43.9 Å². The summed E-state index contributed by atoms with van der Waals surface area (Å²) in [6.07, 6.45) is 4.78. The Morgan fingerprint density at radius 2 is 2.15 bits per heavy atom. The van der Waals surface area contributed by atoms with Crippen molar-refractivity contribution in [3.63, 3.8) is 0 Å². The summed E-state index contributed by atoms with van der Waals surface area (Å²) >= 11 is 0. The molecule has 3 rings (SSSR count). The number of aryl methyl sites for hydroxylation is 3. The van der Waals surface area contributed by atoms with E-state index in [1.54, 1.807) is 4.68 Å². The molecule has 0 spiro atoms. The van der Waals surface area contributed by atoms with E-state index in [1.165, 1.54) is 0 Å². The average Bonchev–Trinajstić information content (AvgIpc) is 3.18. The van der Waals surface area contributed by atoms with Crippen LogP contribution in [0.5, 0.6) is 0 Å². The maximum absolute atomic E-state index is 13.1. The molecule has 1 aliphatic heterocycles. The van der Waals surface area contributed by atoms with E-state index in [0.717, 1.165) is 29.1 Å². The number of carbonyl (C=O) groups excluding carboxylic acids is 1. The number of morpholine rings is 1. The van der Waals surface area contributed by atoms with Gasteiger partial charge in [-0.2, -0.15) is 5.10 Å². The molecule has 1 fully saturated rings. The van der Waals surface area contributed by atoms with Gasteiger partial charge in [-0.3, -0.25) is 9.48 Å². The maximum atomic E-state index is 13.1. The van der Waals surface area contributed by atoms with Crippen molar-refractivity contribution in [1.82, 2.24) is 24.7 Å². The van der Waals surface area contributed by atoms with Gasteiger partial charge in [0.05, 0.1) is 30.6 Å². The Balaban J connectivity index is 1.78. The van der Waals surface area contributed by atoms with Crippen molar-refractivity contribution >= 4 is 5.91 Å². The molecular formula is C19H29N5O3. The van der Waals surface area contributed by atoms with Gasteiger partial charge in [0.2, 0.25) is 5.91 Å². The van der Waals surface area contributed by atoms with Crippen molar-refractivity contribution in [1.29, 1.82) is 0 Å². The van der Waals surface area contributed by atoms with Crippen molar-refractivity contribution in [3.8, 4) is 0 Å². The van der Waals surface area contributed by atoms with Gasteiger partial charge in [-0.15, -0.1) is 0 Å². The number of carbonyl (C=O) groups is 1. The summed E-state index contributed by atoms with van der Waals surface area (Å²) in [6.45, 7) is 5.68. The second kappa shape index (κ2) is 8.22. The molecule has 0 saturated carbocycles. The third kappa shape index (κ3) is 4.39. The summed E-state index contributed by atoms with van der Waals surface area (Å²) in [5.41, 5.74) is 2.89. The van der Waals surface area contributed by atoms with E-state index in [-0.39, 0.29) is 18.1 Å². The molecule has 0 bridgehead atoms. The van der Waals surface area contributed by atoms with E-state index < -0.39 is 0 Å². The number of aromatic nitrogens is 3. The Kier molecular flexibility index (Phi) is 5.96. The molecule has 1 aliphatic rings. The highest BCUT2D eigenvalue weighted by Gasteiger charge is 2.37. The average molecular weight is 375 g/mol. The van der Waals surface area contributed by atoms with Crippen LogP contribution in [0.25, 0.3) is 0 Å². The lowest BCUT2D eigenvalue weighted by molar-refractivity contribution is -0.148. The van der Waals surface area contributed by atoms with Crippen LogP contribution >= 0.6 is 0 Å². The van der Waals surface area contributed by atoms with Crippen molar-refractivity contribution < 1.29 is 14.1 Å². The first-order valence-corrected chi connectivity index (χ1v) is 9.33. The molecule has 0 N–H and O–H groups in total. The van der Waals surface area contributed by atoms with Gasteiger partial charge in [-0.05, 0) is 34.4 Å². The van der Waals surface area contributed by atoms with Gasteiger partial charge >= 0.3 is 0 Å². The number of amides is 1. The van der Waals surface area contributed by atoms with E-state index in [1.807, 2.05) is 52.3 Å². The second-order valence-electron chi connectivity index (χ2n) is 7.45. The third-order valence-electron chi connectivity index (χ3n) is 5.05. The summed E-state index contributed by atoms with van der Waals surface area (Å²) in [5, 5.41) is 8.28. The number of likely N-dealkylation sites (N-methyl/N-ethyl adjacent to an activating group) is 1. The van der Waals surface area contributed by atoms with Crippen LogP contribution in [0.3, 0.4) is 0 Å². The lowest BCUT2D eigenvalue weighted by atomic mass is 9.99. The molecule has 2 atom stereocenters. The highest BCUT2D eigenvalue weighted by molar-refractivity contribution is 5.77. The van der Waals surface area contributed by atoms with Gasteiger partial charge in [0.1, 0.15) is 5.76 Å². The van der Waals surface area contributed by atoms with Gasteiger partial charge in [0.15, 0.2) is 0 Å². The number of ether oxygens (including phenoxy) is 1. The molecule has 148 valence electrons. The smallest absolute Gasteiger partial charge is 0.223 e. The monoisotopic (exact) mass is 375 g/mol. The third-order valence-corrected chi connectivity index (χ3v) is 5.05. The SMILES string of the molecule is Cc1noc(C)c1CCC(=O)N1CCO[C@@H](CN(C)C)[C@@H]1c1cnn(C)c1. The highest BCUT2D eigenvalue weighted by Crippen LogP contribution is 2.31. The molecule has 0 unspecified atom stereocenters. The van der Waals surface area contributed by atoms with Crippen LogP contribution in [0, 0.1) is 13.8 Å². The van der Waals surface area contributed by atoms with E-state index in [2.05, 4.69) is 15.2 Å². The molecule has 8 nitrogen and oxygen atoms in total. The summed E-state index contributed by atoms with van der Waals surface area (Å²) in [7, 11) is 5.92. The summed E-state index contributed by atoms with van der Waals surface area (Å²) in [5.74, 6) is 0.910. The molecule has 1 amide bonds. The van der Waals surface area contributed by atoms with Crippen LogP contribution in [0.15, 0.2) is 16.9 Å². The molecular weight excluding hydrogens is 346 g/mol. The Labute approximate surface area is 160 Å². The quantitative estimate of drug-likeness (QED) is 0.761. The van der Waals surface area contributed by atoms with E-state index in [4.69, 9.17) is 9.26 Å². The first-order chi connectivity index (χ1) is 12.9. The molecule has 1 saturated heterocycles. The molecule has 0 aliphatic carbocycles. The van der Waals surface area contributed by atoms with Crippen LogP contribution < -0.4 is 0 Å². The van der Waals surface area contributed by atoms with Crippen LogP contribution in [0.4, 0.5) is 0 Å². The van der Waals surface area contributed by atoms with Crippen molar-refractivity contribution in [2.24, 2.45) is 7.05 Å². The van der Waals surface area contributed by atoms with Crippen molar-refractivity contribution in [2.45, 2.75) is 38.8 Å². The Hall–Kier alpha value is -2.19. The zero-order valence-corrected chi connectivity index (χ0v) is 16.8. The molecule has 8 heteroatoms. The Morgan fingerprint density at radius 3 is 2.74 bits per heavy atom. The summed E-state index contributed by atoms with van der Waals surface area (Å²) < 4.78 is 13.0. The van der Waals surface area contributed by atoms with Crippen LogP contribution in [-0.4, -0.2) is 70.5 Å². The molecule has 0 aromatic carbocycles. The fraction of sp³-hybridized carbons (Fsp3) is 0.632. The topological polar surface area (TPSA) is 76.6 Å². The summed E-state index contributed by atoms with van der Waals surface area (Å²) in [6, 6.07) is -0.132. The van der Waals surface area contributed by atoms with Gasteiger partial charge in [-0.1, -0.05) is 5.16 Å². The largest absolute Gasteiger partial charge is 0.373 e. The standard InChI is InChI=1S/C19H29N5O3/c1-13-16(14(2)27-21-13)6-7-18(25)24-8-9-26-17(12-22(3)4)19(24)15-10-20-23(5)11-15/h10-11,17,19H,6-9,12H2,1-5H3/t17-,19-/m0/s1. The first kappa shape index (κ1) is 19.6. The normalized spacial score (nSPS) is 20.4. The minimum atomic E-state index is -0.132. The van der Waals surface area contributed by atoms with Crippen LogP contribution in [0.1, 0.15) is 35.0 Å². The Bertz CT molecular complexity index is 763. The van der Waals surface area contributed by atoms with Crippen molar-refractivity contribution in [3.05, 3.63) is 35.0 Å². The zero-order chi connectivity index (χ0) is 19.6. The molecule has 27 heavy (non-hydrogen) atoms. The van der Waals surface area contributed by atoms with E-state index in [9.17, 15) is 4.79 Å². The predicted octanol–water partition coefficient (Wildman–Crippen LogP) is 1.49. The van der Waals surface area contributed by atoms with Gasteiger partial charge in [0.25, 0.3) is 0 Å². The minimum absolute atomic E-state index is 0.0824. The molecule has 2 aromatic heterocycles. The number of hydrogen-bond donors (Lipinski definition) is 0. The highest BCUT2D eigenvalue weighted by atomic mass is 16.5. The van der Waals surface area contributed by atoms with Gasteiger partial charge in [-0.25, -0.2) is 0 Å². The fourth-order valence-corrected chi connectivity index (χ4v) is 3.75. The molecule has 2 aromatic rings. The van der Waals surface area contributed by atoms with Crippen LogP contribution in [-0.2, 0) is 23.0 Å². The summed E-state index contributed by atoms with van der Waals surface area (Å²) in [4.78, 5) is 17.2. The van der Waals surface area contributed by atoms with E-state index in [0.29, 0.717) is 26.0 Å². The fourth-order valence-electron chi connectivity index (χ4n) is 3.75. The number of hydrogen-bond acceptors (Lipinski definition) is 6. The number of rotatable bonds is 6. The predicted molar refractivity (Wildman–Crippen MR) is 100 cm³/mol. The Morgan fingerprint density at radius 1 is 1.37 bits per heavy atom. The van der Waals surface area contributed by atoms with Crippen molar-refractivity contribution in [2.75, 3.05) is 33.8 Å². The first-order valence-electron chi connectivity index (χ1n) is 9.33. The minimum Gasteiger partial charge on any atom is -0.373 e. The second-order valence-corrected chi connectivity index (χ2v) is 7.45. The maximum Gasteiger partial charge on any atom is 0.223 e. The van der Waals surface area contributed by atoms with Gasteiger partial charge < -0.3 is 19.1 Å². The lowest BCUT2D eigenvalue weighted by Gasteiger charge is -2.42. The van der Waals surface area contributed by atoms with E-state index >= 15 is 0 Å². The molecule has 0 radical (unpaired) electrons. The van der Waals surface area contributed by atoms with Crippen LogP contribution in [0.2, 0.25) is 0 Å².